The molecule has 0 aromatic heterocycles. The van der Waals surface area contributed by atoms with Crippen molar-refractivity contribution in [2.24, 2.45) is 39.9 Å². The van der Waals surface area contributed by atoms with Crippen LogP contribution in [0.3, 0.4) is 0 Å². The first-order valence-corrected chi connectivity index (χ1v) is 12.4. The third kappa shape index (κ3) is 1.67. The molecule has 2 spiro atoms. The molecule has 168 valence electrons. The van der Waals surface area contributed by atoms with Crippen LogP contribution in [0.15, 0.2) is 42.5 Å². The van der Waals surface area contributed by atoms with Crippen LogP contribution in [0.4, 0.5) is 0 Å². The van der Waals surface area contributed by atoms with Gasteiger partial charge in [-0.2, -0.15) is 0 Å². The second kappa shape index (κ2) is 5.34. The molecule has 10 rings (SSSR count). The van der Waals surface area contributed by atoms with Crippen LogP contribution >= 0.6 is 0 Å². The van der Waals surface area contributed by atoms with Gasteiger partial charge in [0.25, 0.3) is 0 Å². The Hall–Kier alpha value is -1.69. The predicted molar refractivity (Wildman–Crippen MR) is 116 cm³/mol. The van der Waals surface area contributed by atoms with E-state index in [0.29, 0.717) is 29.5 Å². The molecule has 13 atom stereocenters. The maximum atomic E-state index is 13.0. The highest BCUT2D eigenvalue weighted by Gasteiger charge is 2.90. The number of fused-ring (bicyclic) bond motifs is 1. The summed E-state index contributed by atoms with van der Waals surface area (Å²) in [6, 6.07) is 10.2. The van der Waals surface area contributed by atoms with E-state index in [1.165, 1.54) is 0 Å². The molecular formula is C27H31NO4. The SMILES string of the molecule is C=C1[C@H]2C[C@@H]3[C@H]4N5C[C@]6(C)C[C@H](OC(=O)c7ccccc7)C[C@]47[C@H]([C@H]2O)[C@]3(C[C@H]5[C@H]67)[C@@H]1O. The molecule has 0 amide bonds. The van der Waals surface area contributed by atoms with Gasteiger partial charge in [-0.05, 0) is 60.6 Å². The first-order chi connectivity index (χ1) is 15.3. The maximum absolute atomic E-state index is 13.0. The zero-order valence-corrected chi connectivity index (χ0v) is 18.5. The lowest BCUT2D eigenvalue weighted by molar-refractivity contribution is -0.220. The number of hydrogen-bond donors (Lipinski definition) is 2. The van der Waals surface area contributed by atoms with Crippen molar-refractivity contribution >= 4 is 5.97 Å². The Morgan fingerprint density at radius 3 is 2.69 bits per heavy atom. The van der Waals surface area contributed by atoms with E-state index in [4.69, 9.17) is 4.74 Å². The minimum Gasteiger partial charge on any atom is -0.459 e. The molecule has 3 saturated heterocycles. The maximum Gasteiger partial charge on any atom is 0.338 e. The highest BCUT2D eigenvalue weighted by atomic mass is 16.5. The molecule has 9 fully saturated rings. The van der Waals surface area contributed by atoms with E-state index in [1.807, 2.05) is 30.3 Å². The summed E-state index contributed by atoms with van der Waals surface area (Å²) in [6.45, 7) is 7.70. The van der Waals surface area contributed by atoms with Crippen molar-refractivity contribution in [1.29, 1.82) is 0 Å². The smallest absolute Gasteiger partial charge is 0.338 e. The van der Waals surface area contributed by atoms with Crippen molar-refractivity contribution in [2.75, 3.05) is 6.54 Å². The van der Waals surface area contributed by atoms with Crippen LogP contribution < -0.4 is 0 Å². The molecule has 0 radical (unpaired) electrons. The fourth-order valence-corrected chi connectivity index (χ4v) is 11.4. The predicted octanol–water partition coefficient (Wildman–Crippen LogP) is 2.63. The number of piperidine rings is 2. The molecular weight excluding hydrogens is 402 g/mol. The molecule has 3 heterocycles. The van der Waals surface area contributed by atoms with E-state index in [9.17, 15) is 15.0 Å². The number of aliphatic hydroxyl groups is 2. The van der Waals surface area contributed by atoms with E-state index in [0.717, 1.165) is 37.8 Å². The molecule has 9 aliphatic rings. The normalized spacial score (nSPS) is 59.7. The first kappa shape index (κ1) is 18.7. The Morgan fingerprint density at radius 1 is 1.12 bits per heavy atom. The Labute approximate surface area is 188 Å². The number of nitrogens with zero attached hydrogens (tertiary/aromatic N) is 1. The largest absolute Gasteiger partial charge is 0.459 e. The molecule has 1 aromatic rings. The van der Waals surface area contributed by atoms with Gasteiger partial charge in [-0.25, -0.2) is 4.79 Å². The molecule has 3 aliphatic heterocycles. The lowest BCUT2D eigenvalue weighted by Gasteiger charge is -2.66. The van der Waals surface area contributed by atoms with E-state index in [1.54, 1.807) is 0 Å². The van der Waals surface area contributed by atoms with Crippen LogP contribution in [0.2, 0.25) is 0 Å². The Bertz CT molecular complexity index is 1070. The molecule has 1 unspecified atom stereocenters. The first-order valence-electron chi connectivity index (χ1n) is 12.4. The standard InChI is InChI=1S/C27H31NO4/c1-13-16-8-17-22-27-10-15(32-24(31)14-6-4-3-5-7-14)9-25(2)12-28(22)18(20(25)27)11-26(17,23(13)30)21(27)19(16)29/h3-7,15-23,29-30H,1,8-12H2,2H3/t15-,16+,17+,18-,19-,20+,21+,22+,23+,25-,26+,27-/m0/s1. The van der Waals surface area contributed by atoms with Crippen LogP contribution in [-0.2, 0) is 4.74 Å². The van der Waals surface area contributed by atoms with Crippen molar-refractivity contribution < 1.29 is 19.7 Å². The van der Waals surface area contributed by atoms with Gasteiger partial charge in [0.1, 0.15) is 6.10 Å². The van der Waals surface area contributed by atoms with Crippen LogP contribution in [-0.4, -0.2) is 58.0 Å². The summed E-state index contributed by atoms with van der Waals surface area (Å²) < 4.78 is 6.19. The summed E-state index contributed by atoms with van der Waals surface area (Å²) in [7, 11) is 0. The van der Waals surface area contributed by atoms with Gasteiger partial charge in [0.05, 0.1) is 17.8 Å². The van der Waals surface area contributed by atoms with E-state index in [-0.39, 0.29) is 40.2 Å². The number of esters is 1. The van der Waals surface area contributed by atoms with E-state index in [2.05, 4.69) is 18.4 Å². The number of carbonyl (C=O) groups is 1. The average molecular weight is 434 g/mol. The van der Waals surface area contributed by atoms with Crippen molar-refractivity contribution in [1.82, 2.24) is 4.90 Å². The number of ether oxygens (including phenoxy) is 1. The molecule has 2 N–H and O–H groups in total. The topological polar surface area (TPSA) is 70.0 Å². The van der Waals surface area contributed by atoms with Crippen LogP contribution in [0.1, 0.15) is 43.0 Å². The van der Waals surface area contributed by atoms with E-state index < -0.39 is 12.2 Å². The van der Waals surface area contributed by atoms with Crippen molar-refractivity contribution in [3.63, 3.8) is 0 Å². The second-order valence-corrected chi connectivity index (χ2v) is 12.4. The minimum absolute atomic E-state index is 0.0116. The summed E-state index contributed by atoms with van der Waals surface area (Å²) in [5, 5.41) is 23.2. The fourth-order valence-electron chi connectivity index (χ4n) is 11.4. The number of hydrogen-bond acceptors (Lipinski definition) is 5. The van der Waals surface area contributed by atoms with Gasteiger partial charge in [0.15, 0.2) is 0 Å². The number of aliphatic hydroxyl groups excluding tert-OH is 2. The number of rotatable bonds is 2. The van der Waals surface area contributed by atoms with Gasteiger partial charge >= 0.3 is 5.97 Å². The van der Waals surface area contributed by atoms with Crippen LogP contribution in [0, 0.1) is 39.9 Å². The van der Waals surface area contributed by atoms with Crippen LogP contribution in [0.25, 0.3) is 0 Å². The van der Waals surface area contributed by atoms with Crippen LogP contribution in [0.5, 0.6) is 0 Å². The third-order valence-electron chi connectivity index (χ3n) is 11.5. The van der Waals surface area contributed by atoms with Gasteiger partial charge in [-0.3, -0.25) is 4.90 Å². The Balaban J connectivity index is 1.24. The van der Waals surface area contributed by atoms with E-state index >= 15 is 0 Å². The zero-order chi connectivity index (χ0) is 21.8. The van der Waals surface area contributed by atoms with Gasteiger partial charge in [0.2, 0.25) is 0 Å². The number of carbonyl (C=O) groups excluding carboxylic acids is 1. The minimum atomic E-state index is -0.497. The quantitative estimate of drug-likeness (QED) is 0.554. The molecule has 32 heavy (non-hydrogen) atoms. The molecule has 5 nitrogen and oxygen atoms in total. The summed E-state index contributed by atoms with van der Waals surface area (Å²) in [5.74, 6) is 0.822. The Kier molecular flexibility index (Phi) is 3.12. The van der Waals surface area contributed by atoms with Crippen molar-refractivity contribution in [3.8, 4) is 0 Å². The summed E-state index contributed by atoms with van der Waals surface area (Å²) in [6.07, 6.45) is 2.63. The fraction of sp³-hybridized carbons (Fsp3) is 0.667. The molecule has 9 bridgehead atoms. The monoisotopic (exact) mass is 433 g/mol. The molecule has 5 heteroatoms. The average Bonchev–Trinajstić information content (AvgIpc) is 3.19. The summed E-state index contributed by atoms with van der Waals surface area (Å²) >= 11 is 0. The van der Waals surface area contributed by atoms with Gasteiger partial charge in [0, 0.05) is 41.3 Å². The molecule has 6 saturated carbocycles. The highest BCUT2D eigenvalue weighted by molar-refractivity contribution is 5.89. The molecule has 6 aliphatic carbocycles. The highest BCUT2D eigenvalue weighted by Crippen LogP contribution is 2.87. The third-order valence-corrected chi connectivity index (χ3v) is 11.5. The second-order valence-electron chi connectivity index (χ2n) is 12.4. The lowest BCUT2D eigenvalue weighted by atomic mass is 9.39. The van der Waals surface area contributed by atoms with Crippen molar-refractivity contribution in [2.45, 2.75) is 63.0 Å². The number of benzene rings is 1. The van der Waals surface area contributed by atoms with Gasteiger partial charge < -0.3 is 14.9 Å². The summed E-state index contributed by atoms with van der Waals surface area (Å²) in [5.41, 5.74) is 1.28. The summed E-state index contributed by atoms with van der Waals surface area (Å²) in [4.78, 5) is 15.7. The zero-order valence-electron chi connectivity index (χ0n) is 18.5. The van der Waals surface area contributed by atoms with Gasteiger partial charge in [-0.15, -0.1) is 0 Å². The van der Waals surface area contributed by atoms with Crippen molar-refractivity contribution in [3.05, 3.63) is 48.0 Å². The molecule has 1 aromatic carbocycles. The Morgan fingerprint density at radius 2 is 1.91 bits per heavy atom. The van der Waals surface area contributed by atoms with Gasteiger partial charge in [-0.1, -0.05) is 31.7 Å². The lowest BCUT2D eigenvalue weighted by Crippen LogP contribution is -2.69.